The topological polar surface area (TPSA) is 26.0 Å². The lowest BCUT2D eigenvalue weighted by atomic mass is 10.00. The van der Waals surface area contributed by atoms with Gasteiger partial charge in [0.05, 0.1) is 0 Å². The van der Waals surface area contributed by atoms with Crippen molar-refractivity contribution >= 4 is 0 Å². The Morgan fingerprint density at radius 3 is 3.10 bits per heavy atom. The third-order valence-electron chi connectivity index (χ3n) is 2.63. The summed E-state index contributed by atoms with van der Waals surface area (Å²) in [7, 11) is 0. The lowest BCUT2D eigenvalue weighted by molar-refractivity contribution is 0.469. The summed E-state index contributed by atoms with van der Waals surface area (Å²) in [6, 6.07) is 0.469. The summed E-state index contributed by atoms with van der Waals surface area (Å²) in [5.74, 6) is 1.65. The van der Waals surface area contributed by atoms with Crippen molar-refractivity contribution in [2.45, 2.75) is 32.2 Å². The first-order valence-electron chi connectivity index (χ1n) is 4.22. The number of rotatable bonds is 0. The van der Waals surface area contributed by atoms with Crippen molar-refractivity contribution in [3.63, 3.8) is 0 Å². The fourth-order valence-corrected chi connectivity index (χ4v) is 2.07. The molecule has 0 aliphatic heterocycles. The maximum atomic E-state index is 5.91. The number of allylic oxidation sites excluding steroid dienone is 2. The molecule has 1 saturated carbocycles. The van der Waals surface area contributed by atoms with Gasteiger partial charge in [0.25, 0.3) is 0 Å². The SMILES string of the molecule is C[C@@H]1CC2=C[C@H]2C[C@@H](N)C1. The molecule has 2 aliphatic rings. The lowest BCUT2D eigenvalue weighted by Crippen LogP contribution is -2.21. The van der Waals surface area contributed by atoms with Gasteiger partial charge in [0.15, 0.2) is 0 Å². The van der Waals surface area contributed by atoms with Crippen LogP contribution in [0.5, 0.6) is 0 Å². The molecule has 0 saturated heterocycles. The highest BCUT2D eigenvalue weighted by atomic mass is 14.6. The van der Waals surface area contributed by atoms with E-state index in [1.165, 1.54) is 19.3 Å². The van der Waals surface area contributed by atoms with E-state index in [4.69, 9.17) is 5.73 Å². The lowest BCUT2D eigenvalue weighted by Gasteiger charge is -2.11. The van der Waals surface area contributed by atoms with Gasteiger partial charge in [0.2, 0.25) is 0 Å². The molecule has 1 fully saturated rings. The maximum absolute atomic E-state index is 5.91. The zero-order valence-corrected chi connectivity index (χ0v) is 6.51. The Morgan fingerprint density at radius 2 is 2.30 bits per heavy atom. The number of hydrogen-bond acceptors (Lipinski definition) is 1. The van der Waals surface area contributed by atoms with Crippen LogP contribution in [0, 0.1) is 11.8 Å². The molecule has 1 heteroatoms. The van der Waals surface area contributed by atoms with E-state index in [-0.39, 0.29) is 0 Å². The fraction of sp³-hybridized carbons (Fsp3) is 0.778. The second-order valence-electron chi connectivity index (χ2n) is 3.89. The molecule has 1 nitrogen and oxygen atoms in total. The Kier molecular flexibility index (Phi) is 1.34. The second-order valence-corrected chi connectivity index (χ2v) is 3.89. The van der Waals surface area contributed by atoms with Crippen LogP contribution >= 0.6 is 0 Å². The van der Waals surface area contributed by atoms with Crippen LogP contribution in [0.3, 0.4) is 0 Å². The van der Waals surface area contributed by atoms with E-state index < -0.39 is 0 Å². The van der Waals surface area contributed by atoms with Crippen molar-refractivity contribution in [2.75, 3.05) is 0 Å². The highest BCUT2D eigenvalue weighted by Crippen LogP contribution is 2.41. The summed E-state index contributed by atoms with van der Waals surface area (Å²) in [6.45, 7) is 2.31. The van der Waals surface area contributed by atoms with Crippen LogP contribution in [0.2, 0.25) is 0 Å². The minimum absolute atomic E-state index is 0.469. The Balaban J connectivity index is 2.01. The molecule has 0 unspecified atom stereocenters. The van der Waals surface area contributed by atoms with Gasteiger partial charge in [0, 0.05) is 6.04 Å². The highest BCUT2D eigenvalue weighted by molar-refractivity contribution is 5.30. The zero-order chi connectivity index (χ0) is 7.14. The van der Waals surface area contributed by atoms with Gasteiger partial charge in [-0.1, -0.05) is 18.6 Å². The van der Waals surface area contributed by atoms with Crippen LogP contribution in [-0.4, -0.2) is 6.04 Å². The summed E-state index contributed by atoms with van der Waals surface area (Å²) in [5.41, 5.74) is 7.59. The molecule has 0 spiro atoms. The summed E-state index contributed by atoms with van der Waals surface area (Å²) >= 11 is 0. The number of fused-ring (bicyclic) bond motifs is 1. The molecule has 10 heavy (non-hydrogen) atoms. The monoisotopic (exact) mass is 137 g/mol. The molecule has 2 N–H and O–H groups in total. The van der Waals surface area contributed by atoms with E-state index >= 15 is 0 Å². The van der Waals surface area contributed by atoms with E-state index in [1.807, 2.05) is 0 Å². The van der Waals surface area contributed by atoms with Gasteiger partial charge in [-0.3, -0.25) is 0 Å². The molecule has 2 rings (SSSR count). The summed E-state index contributed by atoms with van der Waals surface area (Å²) in [6.07, 6.45) is 6.15. The standard InChI is InChI=1S/C9H15N/c1-6-2-7-4-8(7)5-9(10)3-6/h4,6,8-9H,2-3,5,10H2,1H3/t6-,8+,9+/m1/s1. The molecule has 0 aromatic heterocycles. The Bertz CT molecular complexity index is 172. The first kappa shape index (κ1) is 6.41. The molecular weight excluding hydrogens is 122 g/mol. The van der Waals surface area contributed by atoms with E-state index in [0.717, 1.165) is 11.8 Å². The third kappa shape index (κ3) is 1.10. The van der Waals surface area contributed by atoms with Gasteiger partial charge in [0.1, 0.15) is 0 Å². The quantitative estimate of drug-likeness (QED) is 0.505. The Hall–Kier alpha value is -0.300. The Morgan fingerprint density at radius 1 is 1.50 bits per heavy atom. The predicted molar refractivity (Wildman–Crippen MR) is 42.6 cm³/mol. The number of hydrogen-bond donors (Lipinski definition) is 1. The van der Waals surface area contributed by atoms with Crippen molar-refractivity contribution in [3.05, 3.63) is 11.6 Å². The van der Waals surface area contributed by atoms with E-state index in [1.54, 1.807) is 5.57 Å². The van der Waals surface area contributed by atoms with Gasteiger partial charge >= 0.3 is 0 Å². The number of nitrogens with two attached hydrogens (primary N) is 1. The second kappa shape index (κ2) is 2.09. The van der Waals surface area contributed by atoms with Crippen LogP contribution < -0.4 is 5.73 Å². The van der Waals surface area contributed by atoms with Crippen molar-refractivity contribution in [2.24, 2.45) is 17.6 Å². The first-order valence-corrected chi connectivity index (χ1v) is 4.22. The molecule has 56 valence electrons. The smallest absolute Gasteiger partial charge is 0.00501 e. The molecular formula is C9H15N. The van der Waals surface area contributed by atoms with Crippen molar-refractivity contribution in [1.29, 1.82) is 0 Å². The van der Waals surface area contributed by atoms with Crippen LogP contribution in [0.1, 0.15) is 26.2 Å². The van der Waals surface area contributed by atoms with Crippen molar-refractivity contribution in [3.8, 4) is 0 Å². The summed E-state index contributed by atoms with van der Waals surface area (Å²) in [4.78, 5) is 0. The molecule has 0 bridgehead atoms. The van der Waals surface area contributed by atoms with Crippen molar-refractivity contribution < 1.29 is 0 Å². The van der Waals surface area contributed by atoms with Gasteiger partial charge in [-0.2, -0.15) is 0 Å². The molecule has 0 amide bonds. The van der Waals surface area contributed by atoms with Crippen molar-refractivity contribution in [1.82, 2.24) is 0 Å². The molecule has 0 aromatic carbocycles. The average molecular weight is 137 g/mol. The van der Waals surface area contributed by atoms with Gasteiger partial charge < -0.3 is 5.73 Å². The predicted octanol–water partition coefficient (Wildman–Crippen LogP) is 1.69. The third-order valence-corrected chi connectivity index (χ3v) is 2.63. The molecule has 0 heterocycles. The van der Waals surface area contributed by atoms with Crippen LogP contribution in [0.25, 0.3) is 0 Å². The normalized spacial score (nSPS) is 45.4. The molecule has 3 atom stereocenters. The molecule has 0 radical (unpaired) electrons. The Labute approximate surface area is 62.3 Å². The van der Waals surface area contributed by atoms with E-state index in [2.05, 4.69) is 13.0 Å². The van der Waals surface area contributed by atoms with Crippen LogP contribution in [0.15, 0.2) is 11.6 Å². The highest BCUT2D eigenvalue weighted by Gasteiger charge is 2.31. The van der Waals surface area contributed by atoms with Crippen LogP contribution in [0.4, 0.5) is 0 Å². The largest absolute Gasteiger partial charge is 0.328 e. The van der Waals surface area contributed by atoms with Gasteiger partial charge in [-0.15, -0.1) is 0 Å². The summed E-state index contributed by atoms with van der Waals surface area (Å²) < 4.78 is 0. The minimum atomic E-state index is 0.469. The van der Waals surface area contributed by atoms with E-state index in [9.17, 15) is 0 Å². The first-order chi connectivity index (χ1) is 4.75. The molecule has 2 aliphatic carbocycles. The minimum Gasteiger partial charge on any atom is -0.328 e. The molecule has 0 aromatic rings. The summed E-state index contributed by atoms with van der Waals surface area (Å²) in [5, 5.41) is 0. The van der Waals surface area contributed by atoms with E-state index in [0.29, 0.717) is 6.04 Å². The average Bonchev–Trinajstić information content (AvgIpc) is 2.43. The fourth-order valence-electron chi connectivity index (χ4n) is 2.07. The van der Waals surface area contributed by atoms with Gasteiger partial charge in [-0.05, 0) is 31.1 Å². The van der Waals surface area contributed by atoms with Crippen LogP contribution in [-0.2, 0) is 0 Å². The van der Waals surface area contributed by atoms with Gasteiger partial charge in [-0.25, -0.2) is 0 Å². The zero-order valence-electron chi connectivity index (χ0n) is 6.51. The maximum Gasteiger partial charge on any atom is 0.00501 e.